The molecule has 19 heavy (non-hydrogen) atoms. The van der Waals surface area contributed by atoms with Crippen molar-refractivity contribution in [2.24, 2.45) is 0 Å². The highest BCUT2D eigenvalue weighted by molar-refractivity contribution is 7.94. The first-order valence-electron chi connectivity index (χ1n) is 4.91. The van der Waals surface area contributed by atoms with Crippen LogP contribution < -0.4 is 4.72 Å². The number of sulfonamides is 1. The summed E-state index contributed by atoms with van der Waals surface area (Å²) < 4.78 is 51.9. The molecule has 0 aliphatic carbocycles. The Morgan fingerprint density at radius 1 is 1.21 bits per heavy atom. The number of hydrogen-bond acceptors (Lipinski definition) is 4. The van der Waals surface area contributed by atoms with Gasteiger partial charge in [-0.2, -0.15) is 5.26 Å². The van der Waals surface area contributed by atoms with Gasteiger partial charge in [0.25, 0.3) is 10.0 Å². The molecule has 0 aliphatic heterocycles. The van der Waals surface area contributed by atoms with E-state index in [9.17, 15) is 17.2 Å². The van der Waals surface area contributed by atoms with Crippen molar-refractivity contribution in [3.8, 4) is 6.07 Å². The number of hydrogen-bond donors (Lipinski definition) is 1. The summed E-state index contributed by atoms with van der Waals surface area (Å²) in [5.41, 5.74) is -0.480. The lowest BCUT2D eigenvalue weighted by atomic mass is 10.3. The van der Waals surface area contributed by atoms with Crippen molar-refractivity contribution >= 4 is 27.0 Å². The minimum atomic E-state index is -4.03. The fourth-order valence-electron chi connectivity index (χ4n) is 1.30. The Kier molecular flexibility index (Phi) is 3.50. The lowest BCUT2D eigenvalue weighted by Gasteiger charge is -2.07. The molecule has 0 saturated heterocycles. The maximum absolute atomic E-state index is 13.4. The molecular formula is C11H6F2N2O2S2. The molecule has 0 radical (unpaired) electrons. The first kappa shape index (κ1) is 13.5. The molecule has 1 heterocycles. The van der Waals surface area contributed by atoms with Gasteiger partial charge in [-0.15, -0.1) is 11.3 Å². The SMILES string of the molecule is N#Cc1ccc(S(=O)(=O)Nc2cccc(F)c2F)s1. The van der Waals surface area contributed by atoms with E-state index < -0.39 is 27.3 Å². The quantitative estimate of drug-likeness (QED) is 0.947. The Bertz CT molecular complexity index is 763. The van der Waals surface area contributed by atoms with Crippen LogP contribution in [0.5, 0.6) is 0 Å². The fourth-order valence-corrected chi connectivity index (χ4v) is 3.47. The molecule has 0 fully saturated rings. The predicted octanol–water partition coefficient (Wildman–Crippen LogP) is 2.70. The summed E-state index contributed by atoms with van der Waals surface area (Å²) in [6, 6.07) is 7.53. The zero-order valence-corrected chi connectivity index (χ0v) is 10.9. The van der Waals surface area contributed by atoms with Gasteiger partial charge in [-0.1, -0.05) is 6.07 Å². The normalized spacial score (nSPS) is 11.0. The summed E-state index contributed by atoms with van der Waals surface area (Å²) >= 11 is 0.741. The van der Waals surface area contributed by atoms with Crippen LogP contribution in [0.1, 0.15) is 4.88 Å². The smallest absolute Gasteiger partial charge is 0.271 e. The number of nitriles is 1. The van der Waals surface area contributed by atoms with E-state index >= 15 is 0 Å². The number of halogens is 2. The van der Waals surface area contributed by atoms with E-state index in [4.69, 9.17) is 5.26 Å². The van der Waals surface area contributed by atoms with Crippen LogP contribution in [-0.4, -0.2) is 8.42 Å². The molecule has 98 valence electrons. The van der Waals surface area contributed by atoms with Crippen LogP contribution in [0.4, 0.5) is 14.5 Å². The first-order valence-corrected chi connectivity index (χ1v) is 7.21. The van der Waals surface area contributed by atoms with E-state index in [1.807, 2.05) is 4.72 Å². The summed E-state index contributed by atoms with van der Waals surface area (Å²) in [7, 11) is -4.03. The molecule has 1 aromatic carbocycles. The van der Waals surface area contributed by atoms with Gasteiger partial charge in [0.2, 0.25) is 0 Å². The average molecular weight is 300 g/mol. The summed E-state index contributed by atoms with van der Waals surface area (Å²) in [5.74, 6) is -2.42. The Hall–Kier alpha value is -1.98. The van der Waals surface area contributed by atoms with Crippen LogP contribution in [0.25, 0.3) is 0 Å². The molecular weight excluding hydrogens is 294 g/mol. The van der Waals surface area contributed by atoms with Crippen molar-refractivity contribution in [2.75, 3.05) is 4.72 Å². The van der Waals surface area contributed by atoms with Crippen LogP contribution in [0.3, 0.4) is 0 Å². The number of nitrogens with one attached hydrogen (secondary N) is 1. The van der Waals surface area contributed by atoms with E-state index in [-0.39, 0.29) is 9.09 Å². The van der Waals surface area contributed by atoms with Gasteiger partial charge < -0.3 is 0 Å². The molecule has 0 aliphatic rings. The van der Waals surface area contributed by atoms with Gasteiger partial charge in [0.1, 0.15) is 15.2 Å². The highest BCUT2D eigenvalue weighted by Crippen LogP contribution is 2.25. The maximum Gasteiger partial charge on any atom is 0.271 e. The minimum absolute atomic E-state index is 0.146. The van der Waals surface area contributed by atoms with Crippen molar-refractivity contribution in [3.63, 3.8) is 0 Å². The molecule has 1 N–H and O–H groups in total. The van der Waals surface area contributed by atoms with Crippen LogP contribution >= 0.6 is 11.3 Å². The summed E-state index contributed by atoms with van der Waals surface area (Å²) in [5, 5.41) is 8.62. The Balaban J connectivity index is 2.37. The minimum Gasteiger partial charge on any atom is -0.276 e. The molecule has 8 heteroatoms. The Morgan fingerprint density at radius 3 is 2.58 bits per heavy atom. The first-order chi connectivity index (χ1) is 8.94. The molecule has 0 amide bonds. The molecule has 4 nitrogen and oxygen atoms in total. The largest absolute Gasteiger partial charge is 0.276 e. The average Bonchev–Trinajstić information content (AvgIpc) is 2.84. The van der Waals surface area contributed by atoms with Crippen LogP contribution in [0, 0.1) is 23.0 Å². The van der Waals surface area contributed by atoms with Gasteiger partial charge in [-0.25, -0.2) is 17.2 Å². The number of rotatable bonds is 3. The van der Waals surface area contributed by atoms with E-state index in [0.29, 0.717) is 0 Å². The molecule has 0 spiro atoms. The van der Waals surface area contributed by atoms with Gasteiger partial charge in [0, 0.05) is 0 Å². The lowest BCUT2D eigenvalue weighted by molar-refractivity contribution is 0.511. The third-order valence-electron chi connectivity index (χ3n) is 2.15. The van der Waals surface area contributed by atoms with Crippen molar-refractivity contribution in [1.29, 1.82) is 5.26 Å². The third-order valence-corrected chi connectivity index (χ3v) is 5.00. The number of nitrogens with zero attached hydrogens (tertiary/aromatic N) is 1. The van der Waals surface area contributed by atoms with E-state index in [1.165, 1.54) is 18.2 Å². The summed E-state index contributed by atoms with van der Waals surface area (Å²) in [4.78, 5) is 0.208. The van der Waals surface area contributed by atoms with Crippen LogP contribution in [-0.2, 0) is 10.0 Å². The van der Waals surface area contributed by atoms with Gasteiger partial charge in [-0.3, -0.25) is 4.72 Å². The second kappa shape index (κ2) is 4.95. The fraction of sp³-hybridized carbons (Fsp3) is 0. The Morgan fingerprint density at radius 2 is 1.95 bits per heavy atom. The number of thiophene rings is 1. The van der Waals surface area contributed by atoms with Crippen molar-refractivity contribution in [1.82, 2.24) is 0 Å². The molecule has 0 unspecified atom stereocenters. The lowest BCUT2D eigenvalue weighted by Crippen LogP contribution is -2.13. The molecule has 1 aromatic heterocycles. The third kappa shape index (κ3) is 2.72. The topological polar surface area (TPSA) is 70.0 Å². The van der Waals surface area contributed by atoms with Gasteiger partial charge in [0.05, 0.1) is 5.69 Å². The van der Waals surface area contributed by atoms with Crippen LogP contribution in [0.15, 0.2) is 34.5 Å². The van der Waals surface area contributed by atoms with E-state index in [1.54, 1.807) is 6.07 Å². The predicted molar refractivity (Wildman–Crippen MR) is 66.2 cm³/mol. The van der Waals surface area contributed by atoms with E-state index in [2.05, 4.69) is 0 Å². The Labute approximate surface area is 112 Å². The molecule has 0 atom stereocenters. The molecule has 2 aromatic rings. The van der Waals surface area contributed by atoms with Crippen molar-refractivity contribution < 1.29 is 17.2 Å². The standard InChI is InChI=1S/C11H6F2N2O2S2/c12-8-2-1-3-9(11(8)13)15-19(16,17)10-5-4-7(6-14)18-10/h1-5,15H. The van der Waals surface area contributed by atoms with Gasteiger partial charge in [0.15, 0.2) is 11.6 Å². The molecule has 2 rings (SSSR count). The van der Waals surface area contributed by atoms with Crippen molar-refractivity contribution in [2.45, 2.75) is 4.21 Å². The number of anilines is 1. The molecule has 0 bridgehead atoms. The zero-order chi connectivity index (χ0) is 14.0. The summed E-state index contributed by atoms with van der Waals surface area (Å²) in [6.07, 6.45) is 0. The van der Waals surface area contributed by atoms with Gasteiger partial charge >= 0.3 is 0 Å². The summed E-state index contributed by atoms with van der Waals surface area (Å²) in [6.45, 7) is 0. The van der Waals surface area contributed by atoms with Crippen LogP contribution in [0.2, 0.25) is 0 Å². The second-order valence-electron chi connectivity index (χ2n) is 3.44. The maximum atomic E-state index is 13.4. The molecule has 0 saturated carbocycles. The monoisotopic (exact) mass is 300 g/mol. The van der Waals surface area contributed by atoms with E-state index in [0.717, 1.165) is 23.5 Å². The highest BCUT2D eigenvalue weighted by Gasteiger charge is 2.19. The van der Waals surface area contributed by atoms with Gasteiger partial charge in [-0.05, 0) is 24.3 Å². The zero-order valence-electron chi connectivity index (χ0n) is 9.22. The second-order valence-corrected chi connectivity index (χ2v) is 6.43. The van der Waals surface area contributed by atoms with Crippen molar-refractivity contribution in [3.05, 3.63) is 46.8 Å². The number of benzene rings is 1. The highest BCUT2D eigenvalue weighted by atomic mass is 32.2.